The number of benzene rings is 1. The third kappa shape index (κ3) is 7.89. The Hall–Kier alpha value is -2.24. The van der Waals surface area contributed by atoms with Gasteiger partial charge < -0.3 is 18.9 Å². The molecule has 6 nitrogen and oxygen atoms in total. The lowest BCUT2D eigenvalue weighted by atomic mass is 10.1. The molecular formula is C21H30O6. The number of rotatable bonds is 13. The lowest BCUT2D eigenvalue weighted by Gasteiger charge is -2.06. The summed E-state index contributed by atoms with van der Waals surface area (Å²) in [4.78, 5) is 23.2. The van der Waals surface area contributed by atoms with Gasteiger partial charge in [0.2, 0.25) is 6.79 Å². The van der Waals surface area contributed by atoms with Crippen LogP contribution in [0.2, 0.25) is 0 Å². The molecule has 0 spiro atoms. The molecule has 1 aromatic carbocycles. The lowest BCUT2D eigenvalue weighted by Crippen LogP contribution is -2.06. The molecule has 0 amide bonds. The molecule has 0 N–H and O–H groups in total. The molecule has 0 aromatic heterocycles. The van der Waals surface area contributed by atoms with Gasteiger partial charge in [0, 0.05) is 6.42 Å². The first kappa shape index (κ1) is 21.1. The highest BCUT2D eigenvalue weighted by atomic mass is 16.7. The topological polar surface area (TPSA) is 71.1 Å². The summed E-state index contributed by atoms with van der Waals surface area (Å²) in [6.45, 7) is 3.13. The van der Waals surface area contributed by atoms with Crippen LogP contribution in [0.5, 0.6) is 11.5 Å². The average Bonchev–Trinajstić information content (AvgIpc) is 3.14. The zero-order chi connectivity index (χ0) is 19.3. The Kier molecular flexibility index (Phi) is 9.52. The van der Waals surface area contributed by atoms with Crippen molar-refractivity contribution in [1.29, 1.82) is 0 Å². The van der Waals surface area contributed by atoms with Crippen molar-refractivity contribution in [1.82, 2.24) is 0 Å². The van der Waals surface area contributed by atoms with E-state index in [0.717, 1.165) is 51.4 Å². The minimum absolute atomic E-state index is 0.0900. The third-order valence-electron chi connectivity index (χ3n) is 4.35. The second-order valence-corrected chi connectivity index (χ2v) is 6.65. The predicted octanol–water partition coefficient (Wildman–Crippen LogP) is 4.65. The first-order valence-electron chi connectivity index (χ1n) is 9.93. The zero-order valence-corrected chi connectivity index (χ0v) is 16.2. The summed E-state index contributed by atoms with van der Waals surface area (Å²) in [7, 11) is 0. The maximum absolute atomic E-state index is 12.0. The van der Waals surface area contributed by atoms with Gasteiger partial charge >= 0.3 is 11.9 Å². The summed E-state index contributed by atoms with van der Waals surface area (Å²) in [6.07, 6.45) is 8.69. The fourth-order valence-electron chi connectivity index (χ4n) is 2.82. The van der Waals surface area contributed by atoms with Gasteiger partial charge in [-0.2, -0.15) is 0 Å². The van der Waals surface area contributed by atoms with Crippen LogP contribution in [0, 0.1) is 0 Å². The van der Waals surface area contributed by atoms with E-state index in [1.54, 1.807) is 18.2 Å². The number of hydrogen-bond donors (Lipinski definition) is 0. The molecule has 2 rings (SSSR count). The summed E-state index contributed by atoms with van der Waals surface area (Å²) < 4.78 is 20.9. The van der Waals surface area contributed by atoms with Gasteiger partial charge in [-0.15, -0.1) is 0 Å². The summed E-state index contributed by atoms with van der Waals surface area (Å²) in [5.74, 6) is 0.828. The Morgan fingerprint density at radius 1 is 0.889 bits per heavy atom. The van der Waals surface area contributed by atoms with Crippen molar-refractivity contribution in [2.45, 2.75) is 64.7 Å². The van der Waals surface area contributed by atoms with Crippen molar-refractivity contribution < 1.29 is 28.5 Å². The number of esters is 2. The molecule has 0 saturated carbocycles. The Labute approximate surface area is 161 Å². The SMILES string of the molecule is CCCC(=O)OCCCCCCCCCOC(=O)c1ccc2c(c1)OCO2. The Morgan fingerprint density at radius 2 is 1.52 bits per heavy atom. The maximum Gasteiger partial charge on any atom is 0.338 e. The maximum atomic E-state index is 12.0. The van der Waals surface area contributed by atoms with Gasteiger partial charge in [0.05, 0.1) is 18.8 Å². The van der Waals surface area contributed by atoms with Crippen LogP contribution >= 0.6 is 0 Å². The molecule has 0 atom stereocenters. The summed E-state index contributed by atoms with van der Waals surface area (Å²) in [6, 6.07) is 5.07. The highest BCUT2D eigenvalue weighted by Crippen LogP contribution is 2.32. The minimum Gasteiger partial charge on any atom is -0.466 e. The van der Waals surface area contributed by atoms with E-state index in [-0.39, 0.29) is 18.7 Å². The van der Waals surface area contributed by atoms with Crippen molar-refractivity contribution in [3.63, 3.8) is 0 Å². The van der Waals surface area contributed by atoms with E-state index in [4.69, 9.17) is 18.9 Å². The van der Waals surface area contributed by atoms with Crippen LogP contribution in [0.25, 0.3) is 0 Å². The van der Waals surface area contributed by atoms with Crippen molar-refractivity contribution in [2.75, 3.05) is 20.0 Å². The van der Waals surface area contributed by atoms with Crippen LogP contribution in [0.4, 0.5) is 0 Å². The number of unbranched alkanes of at least 4 members (excludes halogenated alkanes) is 6. The quantitative estimate of drug-likeness (QED) is 0.368. The zero-order valence-electron chi connectivity index (χ0n) is 16.2. The molecule has 0 saturated heterocycles. The molecule has 150 valence electrons. The van der Waals surface area contributed by atoms with Crippen LogP contribution in [0.1, 0.15) is 75.1 Å². The van der Waals surface area contributed by atoms with Gasteiger partial charge in [0.25, 0.3) is 0 Å². The Bertz CT molecular complexity index is 598. The molecule has 27 heavy (non-hydrogen) atoms. The normalized spacial score (nSPS) is 12.0. The molecule has 0 aliphatic carbocycles. The number of hydrogen-bond acceptors (Lipinski definition) is 6. The standard InChI is InChI=1S/C21H30O6/c1-2-10-20(22)24-13-8-6-4-3-5-7-9-14-25-21(23)17-11-12-18-19(15-17)27-16-26-18/h11-12,15H,2-10,13-14,16H2,1H3. The monoisotopic (exact) mass is 378 g/mol. The largest absolute Gasteiger partial charge is 0.466 e. The van der Waals surface area contributed by atoms with Crippen molar-refractivity contribution in [2.24, 2.45) is 0 Å². The van der Waals surface area contributed by atoms with E-state index in [2.05, 4.69) is 0 Å². The first-order valence-corrected chi connectivity index (χ1v) is 9.93. The number of fused-ring (bicyclic) bond motifs is 1. The van der Waals surface area contributed by atoms with Crippen LogP contribution in [-0.4, -0.2) is 31.9 Å². The molecule has 0 fully saturated rings. The summed E-state index contributed by atoms with van der Waals surface area (Å²) >= 11 is 0. The third-order valence-corrected chi connectivity index (χ3v) is 4.35. The van der Waals surface area contributed by atoms with Crippen LogP contribution < -0.4 is 9.47 Å². The summed E-state index contributed by atoms with van der Waals surface area (Å²) in [5.41, 5.74) is 0.485. The van der Waals surface area contributed by atoms with E-state index in [0.29, 0.717) is 36.7 Å². The molecule has 1 aliphatic rings. The van der Waals surface area contributed by atoms with Crippen LogP contribution in [-0.2, 0) is 14.3 Å². The van der Waals surface area contributed by atoms with E-state index < -0.39 is 0 Å². The van der Waals surface area contributed by atoms with Crippen LogP contribution in [0.3, 0.4) is 0 Å². The van der Waals surface area contributed by atoms with Gasteiger partial charge in [-0.3, -0.25) is 4.79 Å². The Morgan fingerprint density at radius 3 is 2.22 bits per heavy atom. The molecule has 0 radical (unpaired) electrons. The van der Waals surface area contributed by atoms with E-state index in [9.17, 15) is 9.59 Å². The first-order chi connectivity index (χ1) is 13.2. The molecule has 1 heterocycles. The van der Waals surface area contributed by atoms with Crippen molar-refractivity contribution >= 4 is 11.9 Å². The van der Waals surface area contributed by atoms with Gasteiger partial charge in [-0.1, -0.05) is 39.0 Å². The summed E-state index contributed by atoms with van der Waals surface area (Å²) in [5, 5.41) is 0. The predicted molar refractivity (Wildman–Crippen MR) is 101 cm³/mol. The van der Waals surface area contributed by atoms with Crippen LogP contribution in [0.15, 0.2) is 18.2 Å². The molecular weight excluding hydrogens is 348 g/mol. The van der Waals surface area contributed by atoms with E-state index in [1.807, 2.05) is 6.92 Å². The van der Waals surface area contributed by atoms with E-state index >= 15 is 0 Å². The second-order valence-electron chi connectivity index (χ2n) is 6.65. The lowest BCUT2D eigenvalue weighted by molar-refractivity contribution is -0.143. The minimum atomic E-state index is -0.328. The van der Waals surface area contributed by atoms with Gasteiger partial charge in [0.1, 0.15) is 0 Å². The number of carbonyl (C=O) groups is 2. The highest BCUT2D eigenvalue weighted by molar-refractivity contribution is 5.90. The van der Waals surface area contributed by atoms with Gasteiger partial charge in [-0.05, 0) is 37.5 Å². The van der Waals surface area contributed by atoms with Crippen molar-refractivity contribution in [3.8, 4) is 11.5 Å². The smallest absolute Gasteiger partial charge is 0.338 e. The Balaban J connectivity index is 1.42. The van der Waals surface area contributed by atoms with Crippen molar-refractivity contribution in [3.05, 3.63) is 23.8 Å². The molecule has 0 unspecified atom stereocenters. The molecule has 1 aliphatic heterocycles. The highest BCUT2D eigenvalue weighted by Gasteiger charge is 2.16. The average molecular weight is 378 g/mol. The molecule has 6 heteroatoms. The fraction of sp³-hybridized carbons (Fsp3) is 0.619. The second kappa shape index (κ2) is 12.2. The molecule has 1 aromatic rings. The number of ether oxygens (including phenoxy) is 4. The van der Waals surface area contributed by atoms with E-state index in [1.165, 1.54) is 0 Å². The molecule has 0 bridgehead atoms. The fourth-order valence-corrected chi connectivity index (χ4v) is 2.82. The van der Waals surface area contributed by atoms with Gasteiger partial charge in [0.15, 0.2) is 11.5 Å². The number of carbonyl (C=O) groups excluding carboxylic acids is 2. The van der Waals surface area contributed by atoms with Gasteiger partial charge in [-0.25, -0.2) is 4.79 Å².